The van der Waals surface area contributed by atoms with E-state index >= 15 is 0 Å². The summed E-state index contributed by atoms with van der Waals surface area (Å²) in [6.07, 6.45) is 0.874. The quantitative estimate of drug-likeness (QED) is 0.554. The van der Waals surface area contributed by atoms with E-state index in [1.807, 2.05) is 20.8 Å². The van der Waals surface area contributed by atoms with E-state index in [9.17, 15) is 0 Å². The molecule has 0 aliphatic carbocycles. The van der Waals surface area contributed by atoms with Crippen LogP contribution in [0.5, 0.6) is 0 Å². The molecule has 0 aromatic carbocycles. The molecule has 3 nitrogen and oxygen atoms in total. The Morgan fingerprint density at radius 2 is 1.85 bits per heavy atom. The molecule has 2 N–H and O–H groups in total. The zero-order valence-corrected chi connectivity index (χ0v) is 8.82. The maximum absolute atomic E-state index is 5.73. The van der Waals surface area contributed by atoms with Crippen LogP contribution < -0.4 is 5.73 Å². The van der Waals surface area contributed by atoms with Crippen LogP contribution in [0.15, 0.2) is 9.98 Å². The third-order valence-electron chi connectivity index (χ3n) is 1.17. The molecule has 74 valence electrons. The van der Waals surface area contributed by atoms with Crippen LogP contribution in [-0.2, 0) is 0 Å². The van der Waals surface area contributed by atoms with Gasteiger partial charge in [0.15, 0.2) is 0 Å². The standard InChI is InChI=1S/C8H17N3.ClH.Na.H/c1-4-10-7-11-6-5-8(2,3)9;;;/h4-6,9H2,1-3H3;1H;;. The van der Waals surface area contributed by atoms with Crippen LogP contribution in [0, 0.1) is 0 Å². The monoisotopic (exact) mass is 215 g/mol. The normalized spacial score (nSPS) is 8.92. The van der Waals surface area contributed by atoms with E-state index in [-0.39, 0.29) is 47.5 Å². The van der Waals surface area contributed by atoms with Gasteiger partial charge in [-0.1, -0.05) is 0 Å². The summed E-state index contributed by atoms with van der Waals surface area (Å²) in [5.41, 5.74) is 5.60. The number of hydrogen-bond acceptors (Lipinski definition) is 3. The number of halogens is 1. The first kappa shape index (κ1) is 19.2. The van der Waals surface area contributed by atoms with Gasteiger partial charge in [-0.05, 0) is 27.2 Å². The van der Waals surface area contributed by atoms with Gasteiger partial charge < -0.3 is 5.73 Å². The van der Waals surface area contributed by atoms with Crippen molar-refractivity contribution >= 4 is 48.0 Å². The molecule has 0 aliphatic heterocycles. The Hall–Kier alpha value is 0.630. The predicted molar refractivity (Wildman–Crippen MR) is 62.6 cm³/mol. The van der Waals surface area contributed by atoms with E-state index in [0.29, 0.717) is 6.54 Å². The van der Waals surface area contributed by atoms with Gasteiger partial charge in [-0.25, -0.2) is 9.98 Å². The summed E-state index contributed by atoms with van der Waals surface area (Å²) in [7, 11) is 0. The second kappa shape index (κ2) is 10.7. The van der Waals surface area contributed by atoms with E-state index in [1.165, 1.54) is 0 Å². The van der Waals surface area contributed by atoms with Crippen molar-refractivity contribution in [2.75, 3.05) is 13.1 Å². The van der Waals surface area contributed by atoms with Crippen LogP contribution in [0.4, 0.5) is 0 Å². The summed E-state index contributed by atoms with van der Waals surface area (Å²) in [6, 6.07) is 2.60. The van der Waals surface area contributed by atoms with Crippen LogP contribution in [0.25, 0.3) is 0 Å². The summed E-state index contributed by atoms with van der Waals surface area (Å²) in [4.78, 5) is 7.78. The summed E-state index contributed by atoms with van der Waals surface area (Å²) in [6.45, 7) is 7.39. The number of nitrogens with zero attached hydrogens (tertiary/aromatic N) is 2. The molecule has 0 aromatic rings. The molecular weight excluding hydrogens is 197 g/mol. The summed E-state index contributed by atoms with van der Waals surface area (Å²) in [5.74, 6) is 0. The van der Waals surface area contributed by atoms with Crippen LogP contribution in [0.3, 0.4) is 0 Å². The Morgan fingerprint density at radius 1 is 1.31 bits per heavy atom. The molecule has 0 atom stereocenters. The minimum atomic E-state index is -0.128. The van der Waals surface area contributed by atoms with Crippen molar-refractivity contribution in [2.45, 2.75) is 32.7 Å². The fraction of sp³-hybridized carbons (Fsp3) is 0.875. The van der Waals surface area contributed by atoms with Crippen molar-refractivity contribution in [3.63, 3.8) is 0 Å². The van der Waals surface area contributed by atoms with E-state index < -0.39 is 0 Å². The Balaban J connectivity index is -0.000000500. The molecule has 0 saturated carbocycles. The SMILES string of the molecule is CCN=C=NCCC(C)(C)N.Cl.[NaH]. The molecule has 0 saturated heterocycles. The van der Waals surface area contributed by atoms with Crippen LogP contribution in [0.2, 0.25) is 0 Å². The van der Waals surface area contributed by atoms with Crippen LogP contribution >= 0.6 is 12.4 Å². The fourth-order valence-corrected chi connectivity index (χ4v) is 0.515. The average Bonchev–Trinajstić information content (AvgIpc) is 1.85. The maximum atomic E-state index is 5.73. The van der Waals surface area contributed by atoms with Crippen molar-refractivity contribution in [3.8, 4) is 0 Å². The number of nitrogens with two attached hydrogens (primary N) is 1. The molecule has 0 heterocycles. The Bertz CT molecular complexity index is 159. The molecule has 0 radical (unpaired) electrons. The predicted octanol–water partition coefficient (Wildman–Crippen LogP) is 1.08. The van der Waals surface area contributed by atoms with Gasteiger partial charge in [-0.2, -0.15) is 0 Å². The van der Waals surface area contributed by atoms with Gasteiger partial charge in [-0.15, -0.1) is 12.4 Å². The van der Waals surface area contributed by atoms with Gasteiger partial charge >= 0.3 is 29.6 Å². The van der Waals surface area contributed by atoms with Crippen molar-refractivity contribution in [3.05, 3.63) is 0 Å². The van der Waals surface area contributed by atoms with Gasteiger partial charge in [0.25, 0.3) is 0 Å². The van der Waals surface area contributed by atoms with Gasteiger partial charge in [0.05, 0.1) is 12.6 Å². The minimum absolute atomic E-state index is 0. The molecular formula is C8H19ClN3Na. The van der Waals surface area contributed by atoms with Crippen molar-refractivity contribution < 1.29 is 0 Å². The third kappa shape index (κ3) is 19.2. The van der Waals surface area contributed by atoms with Crippen LogP contribution in [0.1, 0.15) is 27.2 Å². The molecule has 0 bridgehead atoms. The molecule has 5 heteroatoms. The molecule has 0 unspecified atom stereocenters. The van der Waals surface area contributed by atoms with Gasteiger partial charge in [0.2, 0.25) is 0 Å². The van der Waals surface area contributed by atoms with Crippen LogP contribution in [-0.4, -0.2) is 54.2 Å². The molecule has 0 fully saturated rings. The first-order valence-corrected chi connectivity index (χ1v) is 3.93. The van der Waals surface area contributed by atoms with Crippen molar-refractivity contribution in [1.82, 2.24) is 0 Å². The molecule has 0 spiro atoms. The molecule has 0 rings (SSSR count). The fourth-order valence-electron chi connectivity index (χ4n) is 0.515. The molecule has 0 amide bonds. The molecule has 0 aromatic heterocycles. The number of hydrogen-bond donors (Lipinski definition) is 1. The van der Waals surface area contributed by atoms with E-state index in [1.54, 1.807) is 0 Å². The number of rotatable bonds is 4. The van der Waals surface area contributed by atoms with E-state index in [0.717, 1.165) is 13.0 Å². The number of aliphatic imine (C=N–C) groups is 2. The second-order valence-corrected chi connectivity index (χ2v) is 3.19. The van der Waals surface area contributed by atoms with E-state index in [4.69, 9.17) is 5.73 Å². The van der Waals surface area contributed by atoms with Gasteiger partial charge in [0, 0.05) is 12.1 Å². The molecule has 0 aliphatic rings. The van der Waals surface area contributed by atoms with Gasteiger partial charge in [-0.3, -0.25) is 0 Å². The first-order chi connectivity index (χ1) is 5.06. The van der Waals surface area contributed by atoms with Crippen molar-refractivity contribution in [2.24, 2.45) is 15.7 Å². The summed E-state index contributed by atoms with van der Waals surface area (Å²) in [5, 5.41) is 0. The zero-order valence-electron chi connectivity index (χ0n) is 8.00. The topological polar surface area (TPSA) is 50.7 Å². The Morgan fingerprint density at radius 3 is 2.23 bits per heavy atom. The average molecular weight is 216 g/mol. The second-order valence-electron chi connectivity index (χ2n) is 3.19. The van der Waals surface area contributed by atoms with Gasteiger partial charge in [0.1, 0.15) is 0 Å². The zero-order chi connectivity index (χ0) is 8.74. The van der Waals surface area contributed by atoms with E-state index in [2.05, 4.69) is 16.0 Å². The summed E-state index contributed by atoms with van der Waals surface area (Å²) >= 11 is 0. The molecule has 13 heavy (non-hydrogen) atoms. The van der Waals surface area contributed by atoms with Crippen molar-refractivity contribution in [1.29, 1.82) is 0 Å². The Labute approximate surface area is 109 Å². The summed E-state index contributed by atoms with van der Waals surface area (Å²) < 4.78 is 0. The third-order valence-corrected chi connectivity index (χ3v) is 1.17. The first-order valence-electron chi connectivity index (χ1n) is 3.93. The Kier molecular flexibility index (Phi) is 15.9.